The Hall–Kier alpha value is -2.19. The normalized spacial score (nSPS) is 20.6. The molecular formula is C16H18ClN3O5. The minimum Gasteiger partial charge on any atom is -0.368 e. The molecule has 134 valence electrons. The summed E-state index contributed by atoms with van der Waals surface area (Å²) in [6.45, 7) is 2.06. The lowest BCUT2D eigenvalue weighted by atomic mass is 10.1. The average Bonchev–Trinajstić information content (AvgIpc) is 3.15. The number of nitro benzene ring substituents is 1. The van der Waals surface area contributed by atoms with Crippen LogP contribution in [0.3, 0.4) is 0 Å². The number of benzene rings is 1. The van der Waals surface area contributed by atoms with Crippen LogP contribution in [0.15, 0.2) is 18.2 Å². The molecular weight excluding hydrogens is 350 g/mol. The van der Waals surface area contributed by atoms with E-state index in [-0.39, 0.29) is 28.3 Å². The van der Waals surface area contributed by atoms with Crippen molar-refractivity contribution in [2.24, 2.45) is 0 Å². The molecule has 1 unspecified atom stereocenters. The number of hydrogen-bond donors (Lipinski definition) is 0. The third kappa shape index (κ3) is 3.74. The van der Waals surface area contributed by atoms with Crippen LogP contribution in [0.2, 0.25) is 5.02 Å². The molecule has 1 atom stereocenters. The second-order valence-electron chi connectivity index (χ2n) is 6.04. The van der Waals surface area contributed by atoms with Crippen LogP contribution < -0.4 is 0 Å². The summed E-state index contributed by atoms with van der Waals surface area (Å²) in [5.74, 6) is -0.463. The van der Waals surface area contributed by atoms with Gasteiger partial charge in [0.15, 0.2) is 0 Å². The molecule has 0 spiro atoms. The van der Waals surface area contributed by atoms with Crippen LogP contribution in [-0.4, -0.2) is 65.4 Å². The van der Waals surface area contributed by atoms with E-state index in [1.54, 1.807) is 4.90 Å². The summed E-state index contributed by atoms with van der Waals surface area (Å²) in [5.41, 5.74) is -0.302. The van der Waals surface area contributed by atoms with Crippen molar-refractivity contribution in [1.82, 2.24) is 9.80 Å². The summed E-state index contributed by atoms with van der Waals surface area (Å²) >= 11 is 5.78. The zero-order chi connectivity index (χ0) is 18.0. The molecule has 25 heavy (non-hydrogen) atoms. The van der Waals surface area contributed by atoms with E-state index in [2.05, 4.69) is 0 Å². The predicted octanol–water partition coefficient (Wildman–Crippen LogP) is 1.71. The van der Waals surface area contributed by atoms with Gasteiger partial charge in [-0.3, -0.25) is 19.7 Å². The number of ether oxygens (including phenoxy) is 1. The Morgan fingerprint density at radius 1 is 1.20 bits per heavy atom. The Morgan fingerprint density at radius 2 is 1.88 bits per heavy atom. The fourth-order valence-corrected chi connectivity index (χ4v) is 3.28. The molecule has 0 N–H and O–H groups in total. The zero-order valence-electron chi connectivity index (χ0n) is 13.5. The van der Waals surface area contributed by atoms with Gasteiger partial charge in [-0.25, -0.2) is 0 Å². The number of carbonyl (C=O) groups excluding carboxylic acids is 2. The Labute approximate surface area is 149 Å². The molecule has 3 rings (SSSR count). The van der Waals surface area contributed by atoms with Gasteiger partial charge in [0, 0.05) is 43.9 Å². The molecule has 2 aliphatic heterocycles. The summed E-state index contributed by atoms with van der Waals surface area (Å²) in [6.07, 6.45) is 1.24. The lowest BCUT2D eigenvalue weighted by Gasteiger charge is -2.35. The minimum atomic E-state index is -0.615. The van der Waals surface area contributed by atoms with Crippen molar-refractivity contribution in [2.45, 2.75) is 18.9 Å². The molecule has 0 radical (unpaired) electrons. The molecule has 2 saturated heterocycles. The maximum absolute atomic E-state index is 12.6. The molecule has 1 aromatic carbocycles. The minimum absolute atomic E-state index is 0.00769. The molecule has 8 nitrogen and oxygen atoms in total. The molecule has 0 bridgehead atoms. The maximum atomic E-state index is 12.6. The van der Waals surface area contributed by atoms with Gasteiger partial charge in [0.05, 0.1) is 4.92 Å². The van der Waals surface area contributed by atoms with E-state index >= 15 is 0 Å². The topological polar surface area (TPSA) is 93.0 Å². The van der Waals surface area contributed by atoms with E-state index in [0.29, 0.717) is 32.8 Å². The second-order valence-corrected chi connectivity index (χ2v) is 6.47. The Morgan fingerprint density at radius 3 is 2.48 bits per heavy atom. The van der Waals surface area contributed by atoms with Crippen molar-refractivity contribution in [2.75, 3.05) is 32.8 Å². The monoisotopic (exact) mass is 367 g/mol. The van der Waals surface area contributed by atoms with Crippen molar-refractivity contribution in [1.29, 1.82) is 0 Å². The predicted molar refractivity (Wildman–Crippen MR) is 89.6 cm³/mol. The van der Waals surface area contributed by atoms with Crippen LogP contribution in [0.5, 0.6) is 0 Å². The Bertz CT molecular complexity index is 697. The lowest BCUT2D eigenvalue weighted by Crippen LogP contribution is -2.52. The number of piperazine rings is 1. The van der Waals surface area contributed by atoms with Crippen molar-refractivity contribution in [3.63, 3.8) is 0 Å². The van der Waals surface area contributed by atoms with Gasteiger partial charge in [-0.1, -0.05) is 11.6 Å². The van der Waals surface area contributed by atoms with E-state index in [4.69, 9.17) is 16.3 Å². The van der Waals surface area contributed by atoms with Crippen LogP contribution in [0.4, 0.5) is 5.69 Å². The van der Waals surface area contributed by atoms with E-state index in [1.807, 2.05) is 0 Å². The standard InChI is InChI=1S/C16H18ClN3O5/c17-11-3-4-12(13(10-11)20(23)24)15(21)18-5-7-19(8-6-18)16(22)14-2-1-9-25-14/h3-4,10,14H,1-2,5-9H2. The van der Waals surface area contributed by atoms with E-state index in [0.717, 1.165) is 12.8 Å². The Balaban J connectivity index is 1.66. The van der Waals surface area contributed by atoms with Crippen molar-refractivity contribution in [3.05, 3.63) is 38.9 Å². The van der Waals surface area contributed by atoms with Gasteiger partial charge in [0.2, 0.25) is 0 Å². The van der Waals surface area contributed by atoms with Gasteiger partial charge in [0.1, 0.15) is 11.7 Å². The van der Waals surface area contributed by atoms with Gasteiger partial charge in [-0.15, -0.1) is 0 Å². The fraction of sp³-hybridized carbons (Fsp3) is 0.500. The van der Waals surface area contributed by atoms with Gasteiger partial charge < -0.3 is 14.5 Å². The summed E-state index contributed by atoms with van der Waals surface area (Å²) in [4.78, 5) is 38.7. The largest absolute Gasteiger partial charge is 0.368 e. The molecule has 2 amide bonds. The quantitative estimate of drug-likeness (QED) is 0.599. The highest BCUT2D eigenvalue weighted by atomic mass is 35.5. The number of nitrogens with zero attached hydrogens (tertiary/aromatic N) is 3. The summed E-state index contributed by atoms with van der Waals surface area (Å²) in [6, 6.07) is 4.00. The fourth-order valence-electron chi connectivity index (χ4n) is 3.11. The third-order valence-corrected chi connectivity index (χ3v) is 4.71. The smallest absolute Gasteiger partial charge is 0.283 e. The van der Waals surface area contributed by atoms with Gasteiger partial charge >= 0.3 is 0 Å². The number of rotatable bonds is 3. The van der Waals surface area contributed by atoms with Crippen molar-refractivity contribution >= 4 is 29.1 Å². The molecule has 9 heteroatoms. The highest BCUT2D eigenvalue weighted by Gasteiger charge is 2.33. The molecule has 0 aromatic heterocycles. The first-order valence-electron chi connectivity index (χ1n) is 8.11. The number of carbonyl (C=O) groups is 2. The van der Waals surface area contributed by atoms with Gasteiger partial charge in [-0.2, -0.15) is 0 Å². The maximum Gasteiger partial charge on any atom is 0.283 e. The summed E-state index contributed by atoms with van der Waals surface area (Å²) < 4.78 is 5.41. The summed E-state index contributed by atoms with van der Waals surface area (Å²) in [5, 5.41) is 11.4. The first-order valence-corrected chi connectivity index (χ1v) is 8.49. The summed E-state index contributed by atoms with van der Waals surface area (Å²) in [7, 11) is 0. The molecule has 0 saturated carbocycles. The first-order chi connectivity index (χ1) is 12.0. The zero-order valence-corrected chi connectivity index (χ0v) is 14.3. The van der Waals surface area contributed by atoms with Crippen molar-refractivity contribution in [3.8, 4) is 0 Å². The molecule has 2 heterocycles. The Kier molecular flexibility index (Phi) is 5.19. The number of halogens is 1. The van der Waals surface area contributed by atoms with Gasteiger partial charge in [-0.05, 0) is 25.0 Å². The lowest BCUT2D eigenvalue weighted by molar-refractivity contribution is -0.385. The van der Waals surface area contributed by atoms with Crippen LogP contribution >= 0.6 is 11.6 Å². The third-order valence-electron chi connectivity index (χ3n) is 4.47. The molecule has 2 aliphatic rings. The molecule has 1 aromatic rings. The van der Waals surface area contributed by atoms with Crippen LogP contribution in [0.25, 0.3) is 0 Å². The molecule has 2 fully saturated rings. The van der Waals surface area contributed by atoms with E-state index in [9.17, 15) is 19.7 Å². The molecule has 0 aliphatic carbocycles. The van der Waals surface area contributed by atoms with Crippen molar-refractivity contribution < 1.29 is 19.2 Å². The van der Waals surface area contributed by atoms with Gasteiger partial charge in [0.25, 0.3) is 17.5 Å². The highest BCUT2D eigenvalue weighted by molar-refractivity contribution is 6.31. The van der Waals surface area contributed by atoms with E-state index in [1.165, 1.54) is 23.1 Å². The highest BCUT2D eigenvalue weighted by Crippen LogP contribution is 2.25. The number of amides is 2. The SMILES string of the molecule is O=C(c1ccc(Cl)cc1[N+](=O)[O-])N1CCN(C(=O)C2CCCO2)CC1. The first kappa shape index (κ1) is 17.6. The average molecular weight is 368 g/mol. The second kappa shape index (κ2) is 7.37. The van der Waals surface area contributed by atoms with E-state index < -0.39 is 10.8 Å². The van der Waals surface area contributed by atoms with Crippen LogP contribution in [-0.2, 0) is 9.53 Å². The van der Waals surface area contributed by atoms with Crippen LogP contribution in [0, 0.1) is 10.1 Å². The number of nitro groups is 1. The van der Waals surface area contributed by atoms with Crippen LogP contribution in [0.1, 0.15) is 23.2 Å². The number of hydrogen-bond acceptors (Lipinski definition) is 5.